The van der Waals surface area contributed by atoms with Gasteiger partial charge in [0.05, 0.1) is 32.3 Å². The molecule has 2 saturated heterocycles. The lowest BCUT2D eigenvalue weighted by atomic mass is 9.90. The molecule has 3 amide bonds. The zero-order valence-corrected chi connectivity index (χ0v) is 23.8. The van der Waals surface area contributed by atoms with E-state index in [1.807, 2.05) is 12.1 Å². The van der Waals surface area contributed by atoms with Crippen molar-refractivity contribution in [1.29, 1.82) is 0 Å². The van der Waals surface area contributed by atoms with Crippen LogP contribution in [0.15, 0.2) is 24.3 Å². The molecule has 10 heteroatoms. The molecule has 0 aromatic heterocycles. The van der Waals surface area contributed by atoms with Crippen molar-refractivity contribution in [3.05, 3.63) is 29.8 Å². The maximum absolute atomic E-state index is 13.7. The van der Waals surface area contributed by atoms with Gasteiger partial charge in [0.2, 0.25) is 17.7 Å². The van der Waals surface area contributed by atoms with Crippen molar-refractivity contribution in [2.24, 2.45) is 11.8 Å². The molecule has 2 aliphatic heterocycles. The molecule has 1 aromatic carbocycles. The van der Waals surface area contributed by atoms with E-state index in [4.69, 9.17) is 14.2 Å². The summed E-state index contributed by atoms with van der Waals surface area (Å²) in [4.78, 5) is 52.8. The number of nitrogens with one attached hydrogen (secondary N) is 3. The van der Waals surface area contributed by atoms with Crippen LogP contribution >= 0.6 is 0 Å². The molecule has 0 bridgehead atoms. The molecule has 3 aliphatic rings. The number of ether oxygens (including phenoxy) is 3. The number of hydrogen-bond acceptors (Lipinski definition) is 7. The molecule has 1 aromatic rings. The molecule has 0 radical (unpaired) electrons. The summed E-state index contributed by atoms with van der Waals surface area (Å²) in [6.07, 6.45) is 6.59. The van der Waals surface area contributed by atoms with E-state index in [9.17, 15) is 19.2 Å². The van der Waals surface area contributed by atoms with Crippen LogP contribution in [-0.4, -0.2) is 74.2 Å². The van der Waals surface area contributed by atoms with E-state index < -0.39 is 35.5 Å². The summed E-state index contributed by atoms with van der Waals surface area (Å²) in [7, 11) is 1.58. The molecule has 1 aliphatic carbocycles. The van der Waals surface area contributed by atoms with Gasteiger partial charge in [-0.05, 0) is 56.7 Å². The summed E-state index contributed by atoms with van der Waals surface area (Å²) in [5.41, 5.74) is -0.0548. The van der Waals surface area contributed by atoms with Crippen LogP contribution in [0.1, 0.15) is 64.4 Å². The molecule has 3 N–H and O–H groups in total. The second-order valence-corrected chi connectivity index (χ2v) is 11.6. The van der Waals surface area contributed by atoms with Gasteiger partial charge in [-0.2, -0.15) is 0 Å². The third kappa shape index (κ3) is 8.04. The smallest absolute Gasteiger partial charge is 0.243 e. The number of carbonyl (C=O) groups is 4. The van der Waals surface area contributed by atoms with E-state index in [2.05, 4.69) is 16.0 Å². The molecule has 10 nitrogen and oxygen atoms in total. The fourth-order valence-corrected chi connectivity index (χ4v) is 5.55. The van der Waals surface area contributed by atoms with Crippen LogP contribution in [0, 0.1) is 11.8 Å². The zero-order valence-electron chi connectivity index (χ0n) is 23.8. The van der Waals surface area contributed by atoms with Crippen molar-refractivity contribution in [3.8, 4) is 5.75 Å². The molecule has 0 unspecified atom stereocenters. The molecule has 220 valence electrons. The third-order valence-corrected chi connectivity index (χ3v) is 8.29. The van der Waals surface area contributed by atoms with Gasteiger partial charge < -0.3 is 30.2 Å². The lowest BCUT2D eigenvalue weighted by Gasteiger charge is -2.27. The number of ketones is 1. The Morgan fingerprint density at radius 2 is 1.65 bits per heavy atom. The SMILES string of the molecule is COc1ccc(C[C@H](NC(=O)[C@@H](C)NC(=O)[C@@H]2CCCOC2)C(=O)N[C@@H](CC2CCCC2)C(=O)[C@]2(C)CO2)cc1. The maximum Gasteiger partial charge on any atom is 0.243 e. The summed E-state index contributed by atoms with van der Waals surface area (Å²) in [5.74, 6) is -0.535. The Bertz CT molecular complexity index is 1040. The number of amides is 3. The van der Waals surface area contributed by atoms with E-state index in [1.165, 1.54) is 0 Å². The second-order valence-electron chi connectivity index (χ2n) is 11.6. The van der Waals surface area contributed by atoms with Crippen molar-refractivity contribution in [3.63, 3.8) is 0 Å². The van der Waals surface area contributed by atoms with E-state index in [0.29, 0.717) is 44.3 Å². The van der Waals surface area contributed by atoms with Crippen LogP contribution in [0.2, 0.25) is 0 Å². The van der Waals surface area contributed by atoms with Crippen molar-refractivity contribution in [2.45, 2.75) is 88.9 Å². The normalized spacial score (nSPS) is 24.8. The average Bonchev–Trinajstić information content (AvgIpc) is 3.50. The highest BCUT2D eigenvalue weighted by molar-refractivity contribution is 5.98. The van der Waals surface area contributed by atoms with Gasteiger partial charge in [0, 0.05) is 13.0 Å². The van der Waals surface area contributed by atoms with Crippen LogP contribution in [0.25, 0.3) is 0 Å². The third-order valence-electron chi connectivity index (χ3n) is 8.29. The van der Waals surface area contributed by atoms with E-state index >= 15 is 0 Å². The lowest BCUT2D eigenvalue weighted by Crippen LogP contribution is -2.57. The first-order valence-corrected chi connectivity index (χ1v) is 14.5. The minimum atomic E-state index is -0.954. The number of carbonyl (C=O) groups excluding carboxylic acids is 4. The summed E-state index contributed by atoms with van der Waals surface area (Å²) < 4.78 is 16.0. The van der Waals surface area contributed by atoms with Gasteiger partial charge in [-0.3, -0.25) is 19.2 Å². The minimum Gasteiger partial charge on any atom is -0.497 e. The van der Waals surface area contributed by atoms with Gasteiger partial charge in [-0.25, -0.2) is 0 Å². The number of benzene rings is 1. The van der Waals surface area contributed by atoms with Crippen molar-refractivity contribution in [1.82, 2.24) is 16.0 Å². The quantitative estimate of drug-likeness (QED) is 0.316. The molecule has 2 heterocycles. The fraction of sp³-hybridized carbons (Fsp3) is 0.667. The Labute approximate surface area is 236 Å². The number of methoxy groups -OCH3 is 1. The number of Topliss-reactive ketones (excluding diaryl/α,β-unsaturated/α-hetero) is 1. The molecule has 3 fully saturated rings. The summed E-state index contributed by atoms with van der Waals surface area (Å²) >= 11 is 0. The van der Waals surface area contributed by atoms with Crippen LogP contribution < -0.4 is 20.7 Å². The summed E-state index contributed by atoms with van der Waals surface area (Å²) in [5, 5.41) is 8.54. The number of epoxide rings is 1. The number of rotatable bonds is 13. The van der Waals surface area contributed by atoms with Gasteiger partial charge in [-0.1, -0.05) is 37.8 Å². The van der Waals surface area contributed by atoms with Crippen LogP contribution in [0.3, 0.4) is 0 Å². The van der Waals surface area contributed by atoms with Gasteiger partial charge in [0.25, 0.3) is 0 Å². The largest absolute Gasteiger partial charge is 0.497 e. The van der Waals surface area contributed by atoms with Gasteiger partial charge in [-0.15, -0.1) is 0 Å². The Morgan fingerprint density at radius 3 is 2.25 bits per heavy atom. The predicted octanol–water partition coefficient (Wildman–Crippen LogP) is 2.08. The first-order chi connectivity index (χ1) is 19.2. The van der Waals surface area contributed by atoms with E-state index in [-0.39, 0.29) is 24.0 Å². The maximum atomic E-state index is 13.7. The Hall–Kier alpha value is -2.98. The standard InChI is InChI=1S/C30H43N3O7/c1-19(31-28(36)22-9-6-14-39-17-22)27(35)33-25(16-21-10-12-23(38-3)13-11-21)29(37)32-24(15-20-7-4-5-8-20)26(34)30(2)18-40-30/h10-13,19-20,22,24-25H,4-9,14-18H2,1-3H3,(H,31,36)(H,32,37)(H,33,35)/t19-,22-,24+,25+,30+/m1/s1. The minimum absolute atomic E-state index is 0.127. The zero-order chi connectivity index (χ0) is 28.7. The molecule has 1 saturated carbocycles. The average molecular weight is 558 g/mol. The lowest BCUT2D eigenvalue weighted by molar-refractivity contribution is -0.135. The second kappa shape index (κ2) is 13.6. The van der Waals surface area contributed by atoms with Crippen molar-refractivity contribution >= 4 is 23.5 Å². The Kier molecular flexibility index (Phi) is 10.2. The first kappa shape index (κ1) is 30.0. The van der Waals surface area contributed by atoms with Crippen molar-refractivity contribution in [2.75, 3.05) is 26.9 Å². The molecular weight excluding hydrogens is 514 g/mol. The van der Waals surface area contributed by atoms with Crippen LogP contribution in [-0.2, 0) is 35.1 Å². The first-order valence-electron chi connectivity index (χ1n) is 14.5. The highest BCUT2D eigenvalue weighted by Gasteiger charge is 2.50. The highest BCUT2D eigenvalue weighted by Crippen LogP contribution is 2.33. The predicted molar refractivity (Wildman–Crippen MR) is 148 cm³/mol. The van der Waals surface area contributed by atoms with Crippen LogP contribution in [0.5, 0.6) is 5.75 Å². The molecule has 5 atom stereocenters. The Balaban J connectivity index is 1.46. The van der Waals surface area contributed by atoms with Crippen LogP contribution in [0.4, 0.5) is 0 Å². The van der Waals surface area contributed by atoms with Crippen molar-refractivity contribution < 1.29 is 33.4 Å². The number of hydrogen-bond donors (Lipinski definition) is 3. The fourth-order valence-electron chi connectivity index (χ4n) is 5.55. The summed E-state index contributed by atoms with van der Waals surface area (Å²) in [6.45, 7) is 4.66. The molecule has 4 rings (SSSR count). The molecule has 40 heavy (non-hydrogen) atoms. The highest BCUT2D eigenvalue weighted by atomic mass is 16.6. The van der Waals surface area contributed by atoms with Gasteiger partial charge in [0.15, 0.2) is 5.78 Å². The topological polar surface area (TPSA) is 135 Å². The Morgan fingerprint density at radius 1 is 0.975 bits per heavy atom. The molecule has 0 spiro atoms. The van der Waals surface area contributed by atoms with E-state index in [0.717, 1.165) is 37.7 Å². The van der Waals surface area contributed by atoms with Gasteiger partial charge in [0.1, 0.15) is 23.4 Å². The monoisotopic (exact) mass is 557 g/mol. The summed E-state index contributed by atoms with van der Waals surface area (Å²) in [6, 6.07) is 4.75. The molecular formula is C30H43N3O7. The van der Waals surface area contributed by atoms with E-state index in [1.54, 1.807) is 33.1 Å². The van der Waals surface area contributed by atoms with Gasteiger partial charge >= 0.3 is 0 Å².